The maximum Gasteiger partial charge on any atom is 0.321 e. The van der Waals surface area contributed by atoms with Crippen molar-refractivity contribution in [3.8, 4) is 11.8 Å². The zero-order valence-electron chi connectivity index (χ0n) is 11.0. The molecular formula is C13H15ClIN3O. The molecule has 0 radical (unpaired) electrons. The standard InChI is InChI=1S/C13H15ClN3O.HI/c1-17(2,3)11-5-4-6-12(7-11)18-13-15-8-10(14)9-16-13;/h4-9H,1-3H3;1H/q+1;/p-1. The van der Waals surface area contributed by atoms with Crippen LogP contribution in [0.4, 0.5) is 5.69 Å². The largest absolute Gasteiger partial charge is 1.00 e. The zero-order chi connectivity index (χ0) is 13.2. The summed E-state index contributed by atoms with van der Waals surface area (Å²) in [6.07, 6.45) is 3.02. The number of aromatic nitrogens is 2. The molecular weight excluding hydrogens is 377 g/mol. The molecule has 0 saturated heterocycles. The van der Waals surface area contributed by atoms with E-state index in [-0.39, 0.29) is 30.0 Å². The predicted molar refractivity (Wildman–Crippen MR) is 73.1 cm³/mol. The van der Waals surface area contributed by atoms with E-state index in [0.717, 1.165) is 10.2 Å². The van der Waals surface area contributed by atoms with Crippen molar-refractivity contribution in [1.82, 2.24) is 14.5 Å². The first kappa shape index (κ1) is 16.1. The first-order valence-electron chi connectivity index (χ1n) is 5.52. The Balaban J connectivity index is 0.00000180. The van der Waals surface area contributed by atoms with Crippen LogP contribution in [0.25, 0.3) is 0 Å². The summed E-state index contributed by atoms with van der Waals surface area (Å²) in [5, 5.41) is 0.488. The Hall–Kier alpha value is -0.920. The lowest BCUT2D eigenvalue weighted by Gasteiger charge is -2.23. The Kier molecular flexibility index (Phi) is 5.51. The molecule has 1 aromatic carbocycles. The van der Waals surface area contributed by atoms with Gasteiger partial charge in [-0.1, -0.05) is 17.7 Å². The van der Waals surface area contributed by atoms with E-state index in [1.54, 1.807) is 0 Å². The van der Waals surface area contributed by atoms with Gasteiger partial charge in [0.05, 0.1) is 38.6 Å². The lowest BCUT2D eigenvalue weighted by Crippen LogP contribution is -3.00. The van der Waals surface area contributed by atoms with E-state index in [9.17, 15) is 0 Å². The maximum absolute atomic E-state index is 5.72. The Labute approximate surface area is 135 Å². The quantitative estimate of drug-likeness (QED) is 0.551. The van der Waals surface area contributed by atoms with Gasteiger partial charge < -0.3 is 28.7 Å². The Morgan fingerprint density at radius 2 is 1.74 bits per heavy atom. The molecule has 4 nitrogen and oxygen atoms in total. The van der Waals surface area contributed by atoms with E-state index in [0.29, 0.717) is 10.8 Å². The molecule has 0 N–H and O–H groups in total. The second kappa shape index (κ2) is 6.49. The van der Waals surface area contributed by atoms with E-state index in [1.807, 2.05) is 18.2 Å². The molecule has 0 atom stereocenters. The summed E-state index contributed by atoms with van der Waals surface area (Å²) < 4.78 is 6.30. The minimum absolute atomic E-state index is 0. The molecule has 0 fully saturated rings. The molecule has 0 aliphatic heterocycles. The SMILES string of the molecule is C[N+](C)(C)c1cccc(Oc2ncc(Cl)cn2)c1.[I-]. The van der Waals surface area contributed by atoms with Crippen LogP contribution < -0.4 is 33.2 Å². The minimum Gasteiger partial charge on any atom is -1.00 e. The van der Waals surface area contributed by atoms with E-state index in [4.69, 9.17) is 16.3 Å². The van der Waals surface area contributed by atoms with Crippen LogP contribution in [-0.4, -0.2) is 31.1 Å². The summed E-state index contributed by atoms with van der Waals surface area (Å²) in [7, 11) is 6.29. The normalized spacial score (nSPS) is 10.7. The van der Waals surface area contributed by atoms with Gasteiger partial charge in [0, 0.05) is 6.07 Å². The van der Waals surface area contributed by atoms with Crippen LogP contribution in [0.3, 0.4) is 0 Å². The number of quaternary nitrogens is 1. The molecule has 0 aliphatic rings. The van der Waals surface area contributed by atoms with Gasteiger partial charge in [0.2, 0.25) is 0 Å². The molecule has 0 spiro atoms. The van der Waals surface area contributed by atoms with E-state index < -0.39 is 0 Å². The van der Waals surface area contributed by atoms with Gasteiger partial charge in [-0.25, -0.2) is 9.97 Å². The molecule has 19 heavy (non-hydrogen) atoms. The van der Waals surface area contributed by atoms with Crippen molar-refractivity contribution >= 4 is 17.3 Å². The molecule has 0 saturated carbocycles. The molecule has 0 bridgehead atoms. The summed E-state index contributed by atoms with van der Waals surface area (Å²) >= 11 is 5.72. The van der Waals surface area contributed by atoms with Gasteiger partial charge in [0.1, 0.15) is 11.4 Å². The van der Waals surface area contributed by atoms with Crippen molar-refractivity contribution in [3.63, 3.8) is 0 Å². The van der Waals surface area contributed by atoms with Crippen molar-refractivity contribution in [3.05, 3.63) is 41.7 Å². The number of benzene rings is 1. The first-order chi connectivity index (χ1) is 8.45. The topological polar surface area (TPSA) is 35.0 Å². The maximum atomic E-state index is 5.72. The van der Waals surface area contributed by atoms with Gasteiger partial charge in [-0.15, -0.1) is 0 Å². The van der Waals surface area contributed by atoms with Crippen LogP contribution in [0.15, 0.2) is 36.7 Å². The van der Waals surface area contributed by atoms with Crippen molar-refractivity contribution in [1.29, 1.82) is 0 Å². The predicted octanol–water partition coefficient (Wildman–Crippen LogP) is 0.123. The lowest BCUT2D eigenvalue weighted by molar-refractivity contribution is -0.00000466. The van der Waals surface area contributed by atoms with E-state index in [1.165, 1.54) is 12.4 Å². The Bertz CT molecular complexity index is 540. The second-order valence-electron chi connectivity index (χ2n) is 4.80. The molecule has 1 heterocycles. The van der Waals surface area contributed by atoms with E-state index >= 15 is 0 Å². The smallest absolute Gasteiger partial charge is 0.321 e. The Morgan fingerprint density at radius 1 is 1.11 bits per heavy atom. The van der Waals surface area contributed by atoms with Crippen LogP contribution in [0, 0.1) is 0 Å². The van der Waals surface area contributed by atoms with Gasteiger partial charge in [-0.05, 0) is 12.1 Å². The van der Waals surface area contributed by atoms with Crippen molar-refractivity contribution in [2.75, 3.05) is 21.1 Å². The average molecular weight is 392 g/mol. The highest BCUT2D eigenvalue weighted by Crippen LogP contribution is 2.25. The van der Waals surface area contributed by atoms with Crippen LogP contribution in [-0.2, 0) is 0 Å². The number of hydrogen-bond acceptors (Lipinski definition) is 3. The number of nitrogens with zero attached hydrogens (tertiary/aromatic N) is 3. The Morgan fingerprint density at radius 3 is 2.32 bits per heavy atom. The third-order valence-electron chi connectivity index (χ3n) is 2.40. The van der Waals surface area contributed by atoms with Gasteiger partial charge in [0.15, 0.2) is 0 Å². The minimum atomic E-state index is 0. The molecule has 2 aromatic rings. The summed E-state index contributed by atoms with van der Waals surface area (Å²) in [6, 6.07) is 8.13. The third kappa shape index (κ3) is 4.59. The molecule has 102 valence electrons. The summed E-state index contributed by atoms with van der Waals surface area (Å²) in [6.45, 7) is 0. The number of hydrogen-bond donors (Lipinski definition) is 0. The van der Waals surface area contributed by atoms with E-state index in [2.05, 4.69) is 37.2 Å². The summed E-state index contributed by atoms with van der Waals surface area (Å²) in [4.78, 5) is 7.99. The molecule has 0 amide bonds. The van der Waals surface area contributed by atoms with Crippen molar-refractivity contribution in [2.24, 2.45) is 0 Å². The second-order valence-corrected chi connectivity index (χ2v) is 5.23. The average Bonchev–Trinajstić information content (AvgIpc) is 2.31. The highest BCUT2D eigenvalue weighted by Gasteiger charge is 2.13. The molecule has 0 unspecified atom stereocenters. The summed E-state index contributed by atoms with van der Waals surface area (Å²) in [5.41, 5.74) is 1.14. The number of ether oxygens (including phenoxy) is 1. The molecule has 2 rings (SSSR count). The van der Waals surface area contributed by atoms with Crippen LogP contribution in [0.2, 0.25) is 5.02 Å². The highest BCUT2D eigenvalue weighted by molar-refractivity contribution is 6.30. The van der Waals surface area contributed by atoms with Crippen molar-refractivity contribution < 1.29 is 28.7 Å². The van der Waals surface area contributed by atoms with Gasteiger partial charge in [0.25, 0.3) is 0 Å². The summed E-state index contributed by atoms with van der Waals surface area (Å²) in [5.74, 6) is 0.711. The lowest BCUT2D eigenvalue weighted by atomic mass is 10.2. The molecule has 0 aliphatic carbocycles. The first-order valence-corrected chi connectivity index (χ1v) is 5.90. The van der Waals surface area contributed by atoms with Crippen LogP contribution >= 0.6 is 11.6 Å². The number of halogens is 2. The van der Waals surface area contributed by atoms with Crippen LogP contribution in [0.5, 0.6) is 11.8 Å². The van der Waals surface area contributed by atoms with Gasteiger partial charge in [-0.2, -0.15) is 0 Å². The fourth-order valence-corrected chi connectivity index (χ4v) is 1.52. The fourth-order valence-electron chi connectivity index (χ4n) is 1.42. The van der Waals surface area contributed by atoms with Crippen molar-refractivity contribution in [2.45, 2.75) is 0 Å². The van der Waals surface area contributed by atoms with Gasteiger partial charge in [-0.3, -0.25) is 4.48 Å². The highest BCUT2D eigenvalue weighted by atomic mass is 127. The van der Waals surface area contributed by atoms with Crippen LogP contribution in [0.1, 0.15) is 0 Å². The number of rotatable bonds is 3. The monoisotopic (exact) mass is 391 g/mol. The zero-order valence-corrected chi connectivity index (χ0v) is 13.9. The third-order valence-corrected chi connectivity index (χ3v) is 2.59. The molecule has 1 aromatic heterocycles. The fraction of sp³-hybridized carbons (Fsp3) is 0.231. The van der Waals surface area contributed by atoms with Gasteiger partial charge >= 0.3 is 6.01 Å². The molecule has 6 heteroatoms.